The quantitative estimate of drug-likeness (QED) is 0.605. The molecule has 2 aromatic carbocycles. The Morgan fingerprint density at radius 3 is 2.58 bits per heavy atom. The van der Waals surface area contributed by atoms with E-state index in [9.17, 15) is 9.18 Å². The van der Waals surface area contributed by atoms with Gasteiger partial charge in [0.15, 0.2) is 0 Å². The fourth-order valence-corrected chi connectivity index (χ4v) is 2.64. The van der Waals surface area contributed by atoms with Gasteiger partial charge in [0.25, 0.3) is 5.56 Å². The molecule has 0 amide bonds. The lowest BCUT2D eigenvalue weighted by atomic mass is 10.1. The average molecular weight is 346 g/mol. The first kappa shape index (κ1) is 16.0. The SMILES string of the molecule is COc1ccc2ncc3c(=O)n(-c4ccc(F)cc4)[nH]c3c2c1.Cl. The predicted molar refractivity (Wildman–Crippen MR) is 93.0 cm³/mol. The fourth-order valence-electron chi connectivity index (χ4n) is 2.64. The van der Waals surface area contributed by atoms with Gasteiger partial charge in [-0.05, 0) is 42.5 Å². The van der Waals surface area contributed by atoms with Gasteiger partial charge in [-0.1, -0.05) is 0 Å². The Bertz CT molecular complexity index is 1090. The lowest BCUT2D eigenvalue weighted by molar-refractivity contribution is 0.415. The maximum Gasteiger partial charge on any atom is 0.280 e. The third-order valence-corrected chi connectivity index (χ3v) is 3.82. The molecule has 0 aliphatic heterocycles. The number of fused-ring (bicyclic) bond motifs is 3. The Kier molecular flexibility index (Phi) is 3.99. The van der Waals surface area contributed by atoms with Crippen molar-refractivity contribution in [3.63, 3.8) is 0 Å². The first-order valence-corrected chi connectivity index (χ1v) is 7.01. The van der Waals surface area contributed by atoms with E-state index >= 15 is 0 Å². The van der Waals surface area contributed by atoms with Gasteiger partial charge in [0.2, 0.25) is 0 Å². The Balaban J connectivity index is 0.00000169. The van der Waals surface area contributed by atoms with Crippen LogP contribution in [-0.2, 0) is 0 Å². The van der Waals surface area contributed by atoms with E-state index in [2.05, 4.69) is 10.1 Å². The average Bonchev–Trinajstić information content (AvgIpc) is 2.92. The molecule has 0 unspecified atom stereocenters. The Hall–Kier alpha value is -2.86. The smallest absolute Gasteiger partial charge is 0.280 e. The molecule has 122 valence electrons. The lowest BCUT2D eigenvalue weighted by Crippen LogP contribution is -2.14. The minimum atomic E-state index is -0.352. The molecule has 4 aromatic rings. The summed E-state index contributed by atoms with van der Waals surface area (Å²) in [6, 6.07) is 11.2. The molecule has 1 N–H and O–H groups in total. The predicted octanol–water partition coefficient (Wildman–Crippen LogP) is 3.44. The van der Waals surface area contributed by atoms with Crippen LogP contribution in [0.25, 0.3) is 27.5 Å². The molecule has 2 heterocycles. The zero-order chi connectivity index (χ0) is 16.0. The number of aromatic amines is 1. The van der Waals surface area contributed by atoms with Gasteiger partial charge in [0, 0.05) is 11.6 Å². The van der Waals surface area contributed by atoms with Gasteiger partial charge in [-0.3, -0.25) is 14.9 Å². The van der Waals surface area contributed by atoms with Gasteiger partial charge in [0.1, 0.15) is 11.6 Å². The number of nitrogens with one attached hydrogen (secondary N) is 1. The molecule has 0 aliphatic carbocycles. The Morgan fingerprint density at radius 2 is 1.88 bits per heavy atom. The molecule has 2 aromatic heterocycles. The summed E-state index contributed by atoms with van der Waals surface area (Å²) in [7, 11) is 1.58. The van der Waals surface area contributed by atoms with Crippen molar-refractivity contribution >= 4 is 34.2 Å². The summed E-state index contributed by atoms with van der Waals surface area (Å²) in [5.74, 6) is 0.331. The van der Waals surface area contributed by atoms with Crippen LogP contribution in [0.5, 0.6) is 5.75 Å². The van der Waals surface area contributed by atoms with Crippen LogP contribution in [0.3, 0.4) is 0 Å². The topological polar surface area (TPSA) is 59.9 Å². The summed E-state index contributed by atoms with van der Waals surface area (Å²) in [6.07, 6.45) is 1.54. The molecule has 0 saturated carbocycles. The maximum absolute atomic E-state index is 13.1. The van der Waals surface area contributed by atoms with E-state index in [0.717, 1.165) is 10.9 Å². The first-order valence-electron chi connectivity index (χ1n) is 7.01. The number of H-pyrrole nitrogens is 1. The molecule has 4 rings (SSSR count). The fraction of sp³-hybridized carbons (Fsp3) is 0.0588. The monoisotopic (exact) mass is 345 g/mol. The van der Waals surface area contributed by atoms with Crippen molar-refractivity contribution in [2.75, 3.05) is 7.11 Å². The highest BCUT2D eigenvalue weighted by Gasteiger charge is 2.12. The molecule has 0 bridgehead atoms. The molecule has 0 aliphatic rings. The van der Waals surface area contributed by atoms with Crippen molar-refractivity contribution in [2.24, 2.45) is 0 Å². The molecule has 5 nitrogen and oxygen atoms in total. The van der Waals surface area contributed by atoms with E-state index in [-0.39, 0.29) is 23.8 Å². The van der Waals surface area contributed by atoms with Crippen molar-refractivity contribution in [3.8, 4) is 11.4 Å². The number of pyridine rings is 1. The van der Waals surface area contributed by atoms with Crippen LogP contribution in [0.1, 0.15) is 0 Å². The number of methoxy groups -OCH3 is 1. The van der Waals surface area contributed by atoms with Gasteiger partial charge in [-0.2, -0.15) is 0 Å². The van der Waals surface area contributed by atoms with Crippen molar-refractivity contribution in [2.45, 2.75) is 0 Å². The minimum absolute atomic E-state index is 0. The number of hydrogen-bond donors (Lipinski definition) is 1. The normalized spacial score (nSPS) is 10.8. The number of nitrogens with zero attached hydrogens (tertiary/aromatic N) is 2. The molecular formula is C17H13ClFN3O2. The van der Waals surface area contributed by atoms with E-state index in [1.807, 2.05) is 18.2 Å². The van der Waals surface area contributed by atoms with Gasteiger partial charge in [-0.25, -0.2) is 9.07 Å². The molecule has 24 heavy (non-hydrogen) atoms. The third-order valence-electron chi connectivity index (χ3n) is 3.82. The van der Waals surface area contributed by atoms with Gasteiger partial charge >= 0.3 is 0 Å². The molecule has 7 heteroatoms. The third kappa shape index (κ3) is 2.41. The number of rotatable bonds is 2. The van der Waals surface area contributed by atoms with Gasteiger partial charge in [-0.15, -0.1) is 12.4 Å². The molecular weight excluding hydrogens is 333 g/mol. The number of ether oxygens (including phenoxy) is 1. The Labute approximate surface area is 142 Å². The van der Waals surface area contributed by atoms with Crippen molar-refractivity contribution in [3.05, 3.63) is 64.8 Å². The van der Waals surface area contributed by atoms with Crippen molar-refractivity contribution in [1.29, 1.82) is 0 Å². The van der Waals surface area contributed by atoms with Crippen LogP contribution >= 0.6 is 12.4 Å². The molecule has 0 atom stereocenters. The van der Waals surface area contributed by atoms with Crippen LogP contribution < -0.4 is 10.3 Å². The van der Waals surface area contributed by atoms with Gasteiger partial charge in [0.05, 0.1) is 29.2 Å². The Morgan fingerprint density at radius 1 is 1.12 bits per heavy atom. The largest absolute Gasteiger partial charge is 0.497 e. The second-order valence-electron chi connectivity index (χ2n) is 5.16. The molecule has 0 spiro atoms. The molecule has 0 saturated heterocycles. The summed E-state index contributed by atoms with van der Waals surface area (Å²) in [6.45, 7) is 0. The standard InChI is InChI=1S/C17H12FN3O2.ClH/c1-23-12-6-7-15-13(8-12)16-14(9-19-15)17(22)21(20-16)11-4-2-10(18)3-5-11;/h2-9,20H,1H3;1H. The summed E-state index contributed by atoms with van der Waals surface area (Å²) in [4.78, 5) is 16.9. The minimum Gasteiger partial charge on any atom is -0.497 e. The first-order chi connectivity index (χ1) is 11.2. The highest BCUT2D eigenvalue weighted by atomic mass is 35.5. The summed E-state index contributed by atoms with van der Waals surface area (Å²) < 4.78 is 19.7. The van der Waals surface area contributed by atoms with Crippen LogP contribution in [0, 0.1) is 5.82 Å². The van der Waals surface area contributed by atoms with Crippen LogP contribution in [-0.4, -0.2) is 21.9 Å². The van der Waals surface area contributed by atoms with Gasteiger partial charge < -0.3 is 4.74 Å². The van der Waals surface area contributed by atoms with Crippen molar-refractivity contribution < 1.29 is 9.13 Å². The highest BCUT2D eigenvalue weighted by molar-refractivity contribution is 6.03. The van der Waals surface area contributed by atoms with Crippen LogP contribution in [0.4, 0.5) is 4.39 Å². The van der Waals surface area contributed by atoms with Crippen LogP contribution in [0.2, 0.25) is 0 Å². The summed E-state index contributed by atoms with van der Waals surface area (Å²) >= 11 is 0. The molecule has 0 radical (unpaired) electrons. The number of hydrogen-bond acceptors (Lipinski definition) is 3. The second kappa shape index (κ2) is 5.98. The van der Waals surface area contributed by atoms with E-state index in [1.54, 1.807) is 25.4 Å². The maximum atomic E-state index is 13.1. The van der Waals surface area contributed by atoms with Crippen molar-refractivity contribution in [1.82, 2.24) is 14.8 Å². The second-order valence-corrected chi connectivity index (χ2v) is 5.16. The summed E-state index contributed by atoms with van der Waals surface area (Å²) in [5, 5.41) is 4.34. The zero-order valence-corrected chi connectivity index (χ0v) is 13.4. The van der Waals surface area contributed by atoms with E-state index in [0.29, 0.717) is 22.3 Å². The summed E-state index contributed by atoms with van der Waals surface area (Å²) in [5.41, 5.74) is 1.75. The molecule has 0 fully saturated rings. The number of benzene rings is 2. The number of aromatic nitrogens is 3. The van der Waals surface area contributed by atoms with E-state index in [1.165, 1.54) is 16.8 Å². The van der Waals surface area contributed by atoms with Crippen LogP contribution in [0.15, 0.2) is 53.5 Å². The van der Waals surface area contributed by atoms with E-state index in [4.69, 9.17) is 4.74 Å². The highest BCUT2D eigenvalue weighted by Crippen LogP contribution is 2.25. The number of halogens is 2. The van der Waals surface area contributed by atoms with E-state index < -0.39 is 0 Å². The zero-order valence-electron chi connectivity index (χ0n) is 12.6. The lowest BCUT2D eigenvalue weighted by Gasteiger charge is -2.03.